The van der Waals surface area contributed by atoms with Gasteiger partial charge in [0.05, 0.1) is 10.7 Å². The quantitative estimate of drug-likeness (QED) is 0.464. The van der Waals surface area contributed by atoms with E-state index >= 15 is 0 Å². The minimum absolute atomic E-state index is 0.0453. The van der Waals surface area contributed by atoms with Gasteiger partial charge in [-0.3, -0.25) is 9.59 Å². The van der Waals surface area contributed by atoms with Crippen LogP contribution in [0.1, 0.15) is 44.1 Å². The van der Waals surface area contributed by atoms with E-state index in [4.69, 9.17) is 11.6 Å². The molecule has 0 aromatic heterocycles. The fourth-order valence-corrected chi connectivity index (χ4v) is 3.71. The Labute approximate surface area is 170 Å². The van der Waals surface area contributed by atoms with E-state index in [1.807, 2.05) is 30.3 Å². The lowest BCUT2D eigenvalue weighted by atomic mass is 9.88. The van der Waals surface area contributed by atoms with Crippen molar-refractivity contribution in [1.82, 2.24) is 0 Å². The molecule has 0 heterocycles. The standard InChI is InChI=1S/C22H25ClN2O3/c23-18-13-17(24-20(26)12-11-15-7-3-1-4-8-15)14-19(21(18)27)25-22(28)16-9-5-2-6-10-16/h1,3-4,7-8,13-14,16,27H,2,5-6,9-12H2,(H,24,26)(H,25,28). The van der Waals surface area contributed by atoms with Crippen LogP contribution in [0.3, 0.4) is 0 Å². The number of hydrogen-bond donors (Lipinski definition) is 3. The van der Waals surface area contributed by atoms with Gasteiger partial charge in [0, 0.05) is 18.0 Å². The average molecular weight is 401 g/mol. The van der Waals surface area contributed by atoms with E-state index < -0.39 is 0 Å². The van der Waals surface area contributed by atoms with Crippen molar-refractivity contribution in [3.8, 4) is 5.75 Å². The van der Waals surface area contributed by atoms with Gasteiger partial charge in [-0.05, 0) is 37.0 Å². The second kappa shape index (κ2) is 9.60. The number of anilines is 2. The van der Waals surface area contributed by atoms with Crippen molar-refractivity contribution in [3.05, 3.63) is 53.1 Å². The van der Waals surface area contributed by atoms with Gasteiger partial charge in [0.2, 0.25) is 11.8 Å². The lowest BCUT2D eigenvalue weighted by Gasteiger charge is -2.21. The molecule has 1 fully saturated rings. The highest BCUT2D eigenvalue weighted by molar-refractivity contribution is 6.33. The fraction of sp³-hybridized carbons (Fsp3) is 0.364. The first-order valence-corrected chi connectivity index (χ1v) is 10.1. The lowest BCUT2D eigenvalue weighted by Crippen LogP contribution is -2.24. The third-order valence-electron chi connectivity index (χ3n) is 5.06. The number of carbonyl (C=O) groups excluding carboxylic acids is 2. The van der Waals surface area contributed by atoms with Crippen molar-refractivity contribution in [2.75, 3.05) is 10.6 Å². The molecule has 0 aliphatic heterocycles. The van der Waals surface area contributed by atoms with Gasteiger partial charge in [0.15, 0.2) is 5.75 Å². The molecule has 0 saturated heterocycles. The Bertz CT molecular complexity index is 833. The largest absolute Gasteiger partial charge is 0.504 e. The second-order valence-electron chi connectivity index (χ2n) is 7.21. The maximum Gasteiger partial charge on any atom is 0.227 e. The van der Waals surface area contributed by atoms with Crippen molar-refractivity contribution >= 4 is 34.8 Å². The number of benzene rings is 2. The van der Waals surface area contributed by atoms with Crippen molar-refractivity contribution in [3.63, 3.8) is 0 Å². The Morgan fingerprint density at radius 2 is 1.75 bits per heavy atom. The maximum absolute atomic E-state index is 12.5. The van der Waals surface area contributed by atoms with Crippen LogP contribution >= 0.6 is 11.6 Å². The molecule has 0 radical (unpaired) electrons. The van der Waals surface area contributed by atoms with Gasteiger partial charge in [-0.1, -0.05) is 61.2 Å². The van der Waals surface area contributed by atoms with Crippen molar-refractivity contribution in [2.45, 2.75) is 44.9 Å². The van der Waals surface area contributed by atoms with E-state index in [2.05, 4.69) is 10.6 Å². The topological polar surface area (TPSA) is 78.4 Å². The summed E-state index contributed by atoms with van der Waals surface area (Å²) in [5.74, 6) is -0.502. The van der Waals surface area contributed by atoms with Crippen LogP contribution in [0, 0.1) is 5.92 Å². The zero-order chi connectivity index (χ0) is 19.9. The van der Waals surface area contributed by atoms with Crippen LogP contribution in [0.2, 0.25) is 5.02 Å². The average Bonchev–Trinajstić information content (AvgIpc) is 2.71. The number of halogens is 1. The van der Waals surface area contributed by atoms with Crippen LogP contribution in [-0.2, 0) is 16.0 Å². The number of carbonyl (C=O) groups is 2. The molecule has 6 heteroatoms. The molecule has 0 atom stereocenters. The highest BCUT2D eigenvalue weighted by Gasteiger charge is 2.22. The first-order valence-electron chi connectivity index (χ1n) is 9.70. The second-order valence-corrected chi connectivity index (χ2v) is 7.62. The summed E-state index contributed by atoms with van der Waals surface area (Å²) in [6.45, 7) is 0. The first kappa shape index (κ1) is 20.2. The number of phenols is 1. The summed E-state index contributed by atoms with van der Waals surface area (Å²) in [6.07, 6.45) is 5.92. The Morgan fingerprint density at radius 1 is 1.04 bits per heavy atom. The molecular weight excluding hydrogens is 376 g/mol. The zero-order valence-electron chi connectivity index (χ0n) is 15.7. The SMILES string of the molecule is O=C(CCc1ccccc1)Nc1cc(Cl)c(O)c(NC(=O)C2CCCCC2)c1. The van der Waals surface area contributed by atoms with E-state index in [1.165, 1.54) is 6.07 Å². The summed E-state index contributed by atoms with van der Waals surface area (Å²) >= 11 is 6.09. The summed E-state index contributed by atoms with van der Waals surface area (Å²) in [7, 11) is 0. The predicted octanol–water partition coefficient (Wildman–Crippen LogP) is 5.14. The fourth-order valence-electron chi connectivity index (χ4n) is 3.49. The molecule has 1 saturated carbocycles. The third kappa shape index (κ3) is 5.49. The molecule has 0 spiro atoms. The number of nitrogens with one attached hydrogen (secondary N) is 2. The van der Waals surface area contributed by atoms with E-state index in [9.17, 15) is 14.7 Å². The molecule has 148 valence electrons. The molecule has 2 aromatic rings. The Hall–Kier alpha value is -2.53. The van der Waals surface area contributed by atoms with E-state index in [1.54, 1.807) is 6.07 Å². The van der Waals surface area contributed by atoms with Gasteiger partial charge in [0.1, 0.15) is 0 Å². The molecule has 0 unspecified atom stereocenters. The molecule has 1 aliphatic rings. The Balaban J connectivity index is 1.63. The van der Waals surface area contributed by atoms with E-state index in [-0.39, 0.29) is 34.2 Å². The van der Waals surface area contributed by atoms with E-state index in [0.29, 0.717) is 18.5 Å². The number of rotatable bonds is 6. The first-order chi connectivity index (χ1) is 13.5. The molecule has 5 nitrogen and oxygen atoms in total. The number of amides is 2. The van der Waals surface area contributed by atoms with E-state index in [0.717, 1.165) is 37.7 Å². The molecule has 3 N–H and O–H groups in total. The summed E-state index contributed by atoms with van der Waals surface area (Å²) in [5.41, 5.74) is 1.75. The molecule has 28 heavy (non-hydrogen) atoms. The molecular formula is C22H25ClN2O3. The molecule has 2 aromatic carbocycles. The van der Waals surface area contributed by atoms with Crippen molar-refractivity contribution < 1.29 is 14.7 Å². The monoisotopic (exact) mass is 400 g/mol. The highest BCUT2D eigenvalue weighted by Crippen LogP contribution is 2.36. The normalized spacial score (nSPS) is 14.5. The van der Waals surface area contributed by atoms with Gasteiger partial charge in [-0.2, -0.15) is 0 Å². The summed E-state index contributed by atoms with van der Waals surface area (Å²) < 4.78 is 0. The number of phenolic OH excluding ortho intramolecular Hbond substituents is 1. The van der Waals surface area contributed by atoms with Crippen LogP contribution in [0.25, 0.3) is 0 Å². The van der Waals surface area contributed by atoms with Crippen LogP contribution < -0.4 is 10.6 Å². The van der Waals surface area contributed by atoms with Gasteiger partial charge in [0.25, 0.3) is 0 Å². The number of aromatic hydroxyl groups is 1. The third-order valence-corrected chi connectivity index (χ3v) is 5.35. The lowest BCUT2D eigenvalue weighted by molar-refractivity contribution is -0.120. The Morgan fingerprint density at radius 3 is 2.46 bits per heavy atom. The number of hydrogen-bond acceptors (Lipinski definition) is 3. The van der Waals surface area contributed by atoms with Crippen LogP contribution in [0.15, 0.2) is 42.5 Å². The van der Waals surface area contributed by atoms with Gasteiger partial charge < -0.3 is 15.7 Å². The summed E-state index contributed by atoms with van der Waals surface area (Å²) in [6, 6.07) is 12.8. The minimum atomic E-state index is -0.187. The predicted molar refractivity (Wildman–Crippen MR) is 112 cm³/mol. The van der Waals surface area contributed by atoms with Crippen LogP contribution in [0.4, 0.5) is 11.4 Å². The summed E-state index contributed by atoms with van der Waals surface area (Å²) in [5, 5.41) is 15.8. The molecule has 1 aliphatic carbocycles. The van der Waals surface area contributed by atoms with Crippen molar-refractivity contribution in [1.29, 1.82) is 0 Å². The molecule has 2 amide bonds. The van der Waals surface area contributed by atoms with Gasteiger partial charge in [-0.25, -0.2) is 0 Å². The highest BCUT2D eigenvalue weighted by atomic mass is 35.5. The van der Waals surface area contributed by atoms with Crippen molar-refractivity contribution in [2.24, 2.45) is 5.92 Å². The smallest absolute Gasteiger partial charge is 0.227 e. The summed E-state index contributed by atoms with van der Waals surface area (Å²) in [4.78, 5) is 24.7. The van der Waals surface area contributed by atoms with Crippen LogP contribution in [0.5, 0.6) is 5.75 Å². The maximum atomic E-state index is 12.5. The van der Waals surface area contributed by atoms with Crippen LogP contribution in [-0.4, -0.2) is 16.9 Å². The van der Waals surface area contributed by atoms with Gasteiger partial charge >= 0.3 is 0 Å². The molecule has 3 rings (SSSR count). The minimum Gasteiger partial charge on any atom is -0.504 e. The van der Waals surface area contributed by atoms with Gasteiger partial charge in [-0.15, -0.1) is 0 Å². The molecule has 0 bridgehead atoms. The Kier molecular flexibility index (Phi) is 6.93. The number of aryl methyl sites for hydroxylation is 1. The zero-order valence-corrected chi connectivity index (χ0v) is 16.5.